The minimum absolute atomic E-state index is 0.0712. The number of carboxylic acids is 1. The van der Waals surface area contributed by atoms with Gasteiger partial charge < -0.3 is 14.6 Å². The Kier molecular flexibility index (Phi) is 3.41. The lowest BCUT2D eigenvalue weighted by atomic mass is 10.0. The van der Waals surface area contributed by atoms with Crippen LogP contribution in [0.3, 0.4) is 0 Å². The highest BCUT2D eigenvalue weighted by Crippen LogP contribution is 2.26. The Bertz CT molecular complexity index is 467. The quantitative estimate of drug-likeness (QED) is 0.883. The van der Waals surface area contributed by atoms with E-state index >= 15 is 0 Å². The zero-order chi connectivity index (χ0) is 13.3. The zero-order valence-electron chi connectivity index (χ0n) is 10.7. The van der Waals surface area contributed by atoms with E-state index in [9.17, 15) is 9.59 Å². The summed E-state index contributed by atoms with van der Waals surface area (Å²) in [7, 11) is 0. The molecule has 0 aromatic carbocycles. The van der Waals surface area contributed by atoms with Crippen LogP contribution in [0.25, 0.3) is 0 Å². The summed E-state index contributed by atoms with van der Waals surface area (Å²) in [5, 5.41) is 9.07. The number of hydrogen-bond donors (Lipinski definition) is 1. The smallest absolute Gasteiger partial charge is 0.308 e. The molecule has 2 rings (SSSR count). The van der Waals surface area contributed by atoms with E-state index in [1.54, 1.807) is 11.0 Å². The number of carboxylic acid groups (broad SMARTS) is 1. The van der Waals surface area contributed by atoms with Gasteiger partial charge in [0.15, 0.2) is 0 Å². The van der Waals surface area contributed by atoms with Crippen LogP contribution in [0.1, 0.15) is 30.8 Å². The van der Waals surface area contributed by atoms with Gasteiger partial charge in [-0.15, -0.1) is 0 Å². The number of likely N-dealkylation sites (tertiary alicyclic amines) is 1. The fraction of sp³-hybridized carbons (Fsp3) is 0.538. The van der Waals surface area contributed by atoms with Crippen LogP contribution in [0, 0.1) is 5.92 Å². The van der Waals surface area contributed by atoms with E-state index in [2.05, 4.69) is 0 Å². The van der Waals surface area contributed by atoms with Crippen molar-refractivity contribution < 1.29 is 14.7 Å². The first-order valence-electron chi connectivity index (χ1n) is 6.25. The summed E-state index contributed by atoms with van der Waals surface area (Å²) >= 11 is 0. The summed E-state index contributed by atoms with van der Waals surface area (Å²) in [4.78, 5) is 25.1. The third-order valence-electron chi connectivity index (χ3n) is 3.72. The van der Waals surface area contributed by atoms with Crippen LogP contribution in [0.2, 0.25) is 0 Å². The average molecular weight is 250 g/mol. The molecule has 2 heterocycles. The van der Waals surface area contributed by atoms with Gasteiger partial charge in [-0.2, -0.15) is 0 Å². The van der Waals surface area contributed by atoms with Crippen molar-refractivity contribution in [3.63, 3.8) is 0 Å². The van der Waals surface area contributed by atoms with E-state index in [0.29, 0.717) is 18.7 Å². The van der Waals surface area contributed by atoms with Crippen molar-refractivity contribution in [2.45, 2.75) is 32.9 Å². The highest BCUT2D eigenvalue weighted by molar-refractivity contribution is 5.93. The van der Waals surface area contributed by atoms with Crippen LogP contribution >= 0.6 is 0 Å². The highest BCUT2D eigenvalue weighted by Gasteiger charge is 2.38. The summed E-state index contributed by atoms with van der Waals surface area (Å²) in [5.74, 6) is -1.33. The van der Waals surface area contributed by atoms with Crippen LogP contribution in [0.15, 0.2) is 18.3 Å². The SMILES string of the molecule is CCn1cccc1C(=O)N1CCC(C(=O)O)C1C. The van der Waals surface area contributed by atoms with Gasteiger partial charge in [0.05, 0.1) is 5.92 Å². The fourth-order valence-electron chi connectivity index (χ4n) is 2.59. The Balaban J connectivity index is 2.18. The number of aryl methyl sites for hydroxylation is 1. The van der Waals surface area contributed by atoms with Gasteiger partial charge in [-0.05, 0) is 32.4 Å². The largest absolute Gasteiger partial charge is 0.481 e. The molecule has 1 aliphatic rings. The van der Waals surface area contributed by atoms with Crippen LogP contribution in [0.5, 0.6) is 0 Å². The molecular weight excluding hydrogens is 232 g/mol. The van der Waals surface area contributed by atoms with Crippen molar-refractivity contribution in [2.24, 2.45) is 5.92 Å². The first-order chi connectivity index (χ1) is 8.56. The molecule has 2 unspecified atom stereocenters. The second-order valence-corrected chi connectivity index (χ2v) is 4.65. The number of aliphatic carboxylic acids is 1. The molecule has 1 aromatic rings. The monoisotopic (exact) mass is 250 g/mol. The summed E-state index contributed by atoms with van der Waals surface area (Å²) in [6, 6.07) is 3.38. The van der Waals surface area contributed by atoms with Crippen LogP contribution in [0.4, 0.5) is 0 Å². The van der Waals surface area contributed by atoms with Gasteiger partial charge in [-0.3, -0.25) is 9.59 Å². The maximum Gasteiger partial charge on any atom is 0.308 e. The van der Waals surface area contributed by atoms with Gasteiger partial charge in [-0.1, -0.05) is 0 Å². The van der Waals surface area contributed by atoms with Crippen LogP contribution in [-0.2, 0) is 11.3 Å². The zero-order valence-corrected chi connectivity index (χ0v) is 10.7. The number of aromatic nitrogens is 1. The van der Waals surface area contributed by atoms with Crippen molar-refractivity contribution in [1.82, 2.24) is 9.47 Å². The molecule has 1 amide bonds. The van der Waals surface area contributed by atoms with Gasteiger partial charge in [0.2, 0.25) is 0 Å². The topological polar surface area (TPSA) is 62.5 Å². The van der Waals surface area contributed by atoms with Gasteiger partial charge in [0, 0.05) is 25.3 Å². The lowest BCUT2D eigenvalue weighted by Gasteiger charge is -2.23. The van der Waals surface area contributed by atoms with E-state index in [0.717, 1.165) is 6.54 Å². The van der Waals surface area contributed by atoms with E-state index in [1.807, 2.05) is 30.7 Å². The highest BCUT2D eigenvalue weighted by atomic mass is 16.4. The molecule has 1 saturated heterocycles. The molecule has 1 N–H and O–H groups in total. The lowest BCUT2D eigenvalue weighted by Crippen LogP contribution is -2.38. The predicted octanol–water partition coefficient (Wildman–Crippen LogP) is 1.44. The molecule has 0 bridgehead atoms. The molecule has 1 aromatic heterocycles. The number of carbonyl (C=O) groups excluding carboxylic acids is 1. The minimum Gasteiger partial charge on any atom is -0.481 e. The molecule has 0 radical (unpaired) electrons. The lowest BCUT2D eigenvalue weighted by molar-refractivity contribution is -0.142. The number of nitrogens with zero attached hydrogens (tertiary/aromatic N) is 2. The summed E-state index contributed by atoms with van der Waals surface area (Å²) in [6.07, 6.45) is 2.40. The molecular formula is C13H18N2O3. The van der Waals surface area contributed by atoms with Crippen LogP contribution in [-0.4, -0.2) is 39.0 Å². The number of carbonyl (C=O) groups is 2. The van der Waals surface area contributed by atoms with Gasteiger partial charge in [-0.25, -0.2) is 0 Å². The van der Waals surface area contributed by atoms with E-state index in [-0.39, 0.29) is 11.9 Å². The van der Waals surface area contributed by atoms with Crippen LogP contribution < -0.4 is 0 Å². The molecule has 98 valence electrons. The first-order valence-corrected chi connectivity index (χ1v) is 6.25. The third-order valence-corrected chi connectivity index (χ3v) is 3.72. The molecule has 2 atom stereocenters. The van der Waals surface area contributed by atoms with Gasteiger partial charge >= 0.3 is 5.97 Å². The second-order valence-electron chi connectivity index (χ2n) is 4.65. The standard InChI is InChI=1S/C13H18N2O3/c1-3-14-7-4-5-11(14)12(16)15-8-6-10(9(15)2)13(17)18/h4-5,7,9-10H,3,6,8H2,1-2H3,(H,17,18). The maximum absolute atomic E-state index is 12.4. The fourth-order valence-corrected chi connectivity index (χ4v) is 2.59. The molecule has 5 heteroatoms. The minimum atomic E-state index is -0.816. The number of rotatable bonds is 3. The average Bonchev–Trinajstić information content (AvgIpc) is 2.93. The molecule has 0 spiro atoms. The van der Waals surface area contributed by atoms with Crippen molar-refractivity contribution >= 4 is 11.9 Å². The van der Waals surface area contributed by atoms with Crippen molar-refractivity contribution in [2.75, 3.05) is 6.54 Å². The van der Waals surface area contributed by atoms with E-state index < -0.39 is 11.9 Å². The molecule has 1 aliphatic heterocycles. The molecule has 0 saturated carbocycles. The first kappa shape index (κ1) is 12.7. The normalized spacial score (nSPS) is 23.3. The Morgan fingerprint density at radius 2 is 2.22 bits per heavy atom. The number of hydrogen-bond acceptors (Lipinski definition) is 2. The maximum atomic E-state index is 12.4. The summed E-state index contributed by atoms with van der Waals surface area (Å²) in [6.45, 7) is 5.04. The third kappa shape index (κ3) is 2.00. The van der Waals surface area contributed by atoms with Gasteiger partial charge in [0.1, 0.15) is 5.69 Å². The summed E-state index contributed by atoms with van der Waals surface area (Å²) < 4.78 is 1.88. The Morgan fingerprint density at radius 1 is 1.50 bits per heavy atom. The second kappa shape index (κ2) is 4.84. The summed E-state index contributed by atoms with van der Waals surface area (Å²) in [5.41, 5.74) is 0.635. The molecule has 0 aliphatic carbocycles. The van der Waals surface area contributed by atoms with E-state index in [4.69, 9.17) is 5.11 Å². The van der Waals surface area contributed by atoms with Crippen molar-refractivity contribution in [1.29, 1.82) is 0 Å². The van der Waals surface area contributed by atoms with E-state index in [1.165, 1.54) is 0 Å². The number of amides is 1. The molecule has 5 nitrogen and oxygen atoms in total. The van der Waals surface area contributed by atoms with Crippen molar-refractivity contribution in [3.8, 4) is 0 Å². The Labute approximate surface area is 106 Å². The predicted molar refractivity (Wildman–Crippen MR) is 66.3 cm³/mol. The molecule has 1 fully saturated rings. The molecule has 18 heavy (non-hydrogen) atoms. The van der Waals surface area contributed by atoms with Gasteiger partial charge in [0.25, 0.3) is 5.91 Å². The Morgan fingerprint density at radius 3 is 2.78 bits per heavy atom. The Hall–Kier alpha value is -1.78. The van der Waals surface area contributed by atoms with Crippen molar-refractivity contribution in [3.05, 3.63) is 24.0 Å².